The van der Waals surface area contributed by atoms with Crippen LogP contribution >= 0.6 is 11.6 Å². The summed E-state index contributed by atoms with van der Waals surface area (Å²) in [5.41, 5.74) is 0.942. The maximum atomic E-state index is 13.0. The number of carbonyl (C=O) groups is 1. The van der Waals surface area contributed by atoms with Gasteiger partial charge in [0, 0.05) is 34.8 Å². The molecule has 4 rings (SSSR count). The van der Waals surface area contributed by atoms with Crippen LogP contribution < -0.4 is 14.8 Å². The smallest absolute Gasteiger partial charge is 0.238 e. The molecule has 2 aromatic rings. The van der Waals surface area contributed by atoms with Crippen molar-refractivity contribution in [2.75, 3.05) is 32.6 Å². The minimum atomic E-state index is -0.722. The van der Waals surface area contributed by atoms with Crippen LogP contribution in [0.3, 0.4) is 0 Å². The Hall–Kier alpha value is -2.28. The summed E-state index contributed by atoms with van der Waals surface area (Å²) in [5, 5.41) is 15.1. The van der Waals surface area contributed by atoms with E-state index in [4.69, 9.17) is 21.1 Å². The van der Waals surface area contributed by atoms with Crippen LogP contribution in [0.15, 0.2) is 42.5 Å². The molecule has 6 nitrogen and oxygen atoms in total. The van der Waals surface area contributed by atoms with Gasteiger partial charge in [0.25, 0.3) is 0 Å². The molecule has 32 heavy (non-hydrogen) atoms. The molecule has 0 aromatic heterocycles. The molecule has 7 heteroatoms. The van der Waals surface area contributed by atoms with Crippen LogP contribution in [0.5, 0.6) is 11.5 Å². The fourth-order valence-electron chi connectivity index (χ4n) is 5.32. The van der Waals surface area contributed by atoms with Crippen LogP contribution in [0.1, 0.15) is 43.7 Å². The van der Waals surface area contributed by atoms with Crippen molar-refractivity contribution in [3.8, 4) is 11.5 Å². The molecule has 172 valence electrons. The molecule has 1 heterocycles. The Bertz CT molecular complexity index is 951. The van der Waals surface area contributed by atoms with Gasteiger partial charge in [-0.05, 0) is 61.7 Å². The molecule has 1 saturated heterocycles. The molecule has 0 spiro atoms. The summed E-state index contributed by atoms with van der Waals surface area (Å²) in [4.78, 5) is 15.1. The molecule has 0 radical (unpaired) electrons. The first-order chi connectivity index (χ1) is 15.4. The number of likely N-dealkylation sites (tertiary alicyclic amines) is 1. The molecule has 0 bridgehead atoms. The van der Waals surface area contributed by atoms with E-state index in [-0.39, 0.29) is 24.4 Å². The summed E-state index contributed by atoms with van der Waals surface area (Å²) in [6.45, 7) is 0.853. The highest BCUT2D eigenvalue weighted by atomic mass is 35.5. The van der Waals surface area contributed by atoms with E-state index in [1.165, 1.54) is 0 Å². The number of methoxy groups -OCH3 is 2. The van der Waals surface area contributed by atoms with Crippen molar-refractivity contribution in [3.05, 3.63) is 53.1 Å². The van der Waals surface area contributed by atoms with E-state index < -0.39 is 5.60 Å². The lowest BCUT2D eigenvalue weighted by molar-refractivity contribution is -0.135. The Morgan fingerprint density at radius 3 is 2.66 bits per heavy atom. The van der Waals surface area contributed by atoms with Crippen LogP contribution in [0, 0.1) is 5.92 Å². The van der Waals surface area contributed by atoms with Crippen LogP contribution in [-0.2, 0) is 4.79 Å². The SMILES string of the molecule is COc1ccc(OC)c([C@@H]2[C@@H]3CCCC[C@@]3(O)CCN2CC(=O)Nc2ccc(Cl)cc2)c1. The Labute approximate surface area is 194 Å². The number of rotatable bonds is 6. The minimum absolute atomic E-state index is 0.0225. The van der Waals surface area contributed by atoms with E-state index >= 15 is 0 Å². The first-order valence-electron chi connectivity index (χ1n) is 11.2. The highest BCUT2D eigenvalue weighted by molar-refractivity contribution is 6.30. The van der Waals surface area contributed by atoms with E-state index in [0.29, 0.717) is 23.7 Å². The maximum absolute atomic E-state index is 13.0. The summed E-state index contributed by atoms with van der Waals surface area (Å²) in [7, 11) is 3.29. The lowest BCUT2D eigenvalue weighted by Gasteiger charge is -2.52. The van der Waals surface area contributed by atoms with Crippen molar-refractivity contribution in [3.63, 3.8) is 0 Å². The number of benzene rings is 2. The number of hydrogen-bond acceptors (Lipinski definition) is 5. The van der Waals surface area contributed by atoms with E-state index in [2.05, 4.69) is 10.2 Å². The number of amides is 1. The summed E-state index contributed by atoms with van der Waals surface area (Å²) in [6, 6.07) is 12.7. The number of aliphatic hydroxyl groups is 1. The van der Waals surface area contributed by atoms with Crippen molar-refractivity contribution >= 4 is 23.2 Å². The van der Waals surface area contributed by atoms with Crippen molar-refractivity contribution in [1.29, 1.82) is 0 Å². The number of nitrogens with zero attached hydrogens (tertiary/aromatic N) is 1. The van der Waals surface area contributed by atoms with E-state index in [1.54, 1.807) is 38.5 Å². The summed E-state index contributed by atoms with van der Waals surface area (Å²) in [6.07, 6.45) is 4.48. The van der Waals surface area contributed by atoms with Crippen LogP contribution in [0.2, 0.25) is 5.02 Å². The van der Waals surface area contributed by atoms with Gasteiger partial charge in [0.2, 0.25) is 5.91 Å². The van der Waals surface area contributed by atoms with Crippen molar-refractivity contribution < 1.29 is 19.4 Å². The number of ether oxygens (including phenoxy) is 2. The predicted octanol–water partition coefficient (Wildman–Crippen LogP) is 4.66. The maximum Gasteiger partial charge on any atom is 0.238 e. The third-order valence-electron chi connectivity index (χ3n) is 6.90. The zero-order valence-corrected chi connectivity index (χ0v) is 19.4. The Morgan fingerprint density at radius 2 is 1.94 bits per heavy atom. The fourth-order valence-corrected chi connectivity index (χ4v) is 5.45. The zero-order valence-electron chi connectivity index (χ0n) is 18.6. The van der Waals surface area contributed by atoms with Gasteiger partial charge in [0.1, 0.15) is 11.5 Å². The number of nitrogens with one attached hydrogen (secondary N) is 1. The first-order valence-corrected chi connectivity index (χ1v) is 11.5. The Morgan fingerprint density at radius 1 is 1.16 bits per heavy atom. The van der Waals surface area contributed by atoms with Gasteiger partial charge in [0.05, 0.1) is 26.4 Å². The zero-order chi connectivity index (χ0) is 22.7. The molecule has 3 atom stereocenters. The lowest BCUT2D eigenvalue weighted by Crippen LogP contribution is -2.56. The summed E-state index contributed by atoms with van der Waals surface area (Å²) in [5.74, 6) is 1.40. The minimum Gasteiger partial charge on any atom is -0.497 e. The average molecular weight is 459 g/mol. The van der Waals surface area contributed by atoms with Gasteiger partial charge in [-0.15, -0.1) is 0 Å². The standard InChI is InChI=1S/C25H31ClN2O4/c1-31-19-10-11-22(32-2)20(15-19)24-21-5-3-4-12-25(21,30)13-14-28(24)16-23(29)27-18-8-6-17(26)7-9-18/h6-11,15,21,24,30H,3-5,12-14,16H2,1-2H3,(H,27,29)/t21-,24+,25+/m0/s1. The van der Waals surface area contributed by atoms with E-state index in [0.717, 1.165) is 42.7 Å². The first kappa shape index (κ1) is 22.9. The summed E-state index contributed by atoms with van der Waals surface area (Å²) < 4.78 is 11.2. The quantitative estimate of drug-likeness (QED) is 0.658. The molecule has 2 aliphatic rings. The van der Waals surface area contributed by atoms with Gasteiger partial charge in [-0.2, -0.15) is 0 Å². The van der Waals surface area contributed by atoms with Gasteiger partial charge in [-0.1, -0.05) is 24.4 Å². The van der Waals surface area contributed by atoms with Crippen LogP contribution in [-0.4, -0.2) is 48.8 Å². The number of carbonyl (C=O) groups excluding carboxylic acids is 1. The largest absolute Gasteiger partial charge is 0.497 e. The van der Waals surface area contributed by atoms with Gasteiger partial charge in [-0.3, -0.25) is 9.69 Å². The Kier molecular flexibility index (Phi) is 6.93. The number of fused-ring (bicyclic) bond motifs is 1. The summed E-state index contributed by atoms with van der Waals surface area (Å²) >= 11 is 5.96. The van der Waals surface area contributed by atoms with Gasteiger partial charge in [0.15, 0.2) is 0 Å². The highest BCUT2D eigenvalue weighted by Gasteiger charge is 2.50. The fraction of sp³-hybridized carbons (Fsp3) is 0.480. The molecule has 0 unspecified atom stereocenters. The Balaban J connectivity index is 1.64. The van der Waals surface area contributed by atoms with E-state index in [9.17, 15) is 9.90 Å². The molecule has 1 amide bonds. The number of anilines is 1. The third kappa shape index (κ3) is 4.72. The molecular formula is C25H31ClN2O4. The monoisotopic (exact) mass is 458 g/mol. The molecular weight excluding hydrogens is 428 g/mol. The molecule has 2 N–H and O–H groups in total. The molecule has 1 aliphatic heterocycles. The highest BCUT2D eigenvalue weighted by Crippen LogP contribution is 2.51. The van der Waals surface area contributed by atoms with Gasteiger partial charge in [-0.25, -0.2) is 0 Å². The second-order valence-electron chi connectivity index (χ2n) is 8.78. The van der Waals surface area contributed by atoms with Crippen molar-refractivity contribution in [2.24, 2.45) is 5.92 Å². The third-order valence-corrected chi connectivity index (χ3v) is 7.15. The normalized spacial score (nSPS) is 25.6. The van der Waals surface area contributed by atoms with E-state index in [1.807, 2.05) is 18.2 Å². The second kappa shape index (κ2) is 9.69. The van der Waals surface area contributed by atoms with Crippen molar-refractivity contribution in [2.45, 2.75) is 43.7 Å². The van der Waals surface area contributed by atoms with Crippen LogP contribution in [0.25, 0.3) is 0 Å². The lowest BCUT2D eigenvalue weighted by atomic mass is 9.66. The molecule has 2 fully saturated rings. The number of piperidine rings is 1. The predicted molar refractivity (Wildman–Crippen MR) is 125 cm³/mol. The average Bonchev–Trinajstić information content (AvgIpc) is 2.80. The number of halogens is 1. The molecule has 1 saturated carbocycles. The second-order valence-corrected chi connectivity index (χ2v) is 9.22. The number of hydrogen-bond donors (Lipinski definition) is 2. The van der Waals surface area contributed by atoms with Crippen molar-refractivity contribution in [1.82, 2.24) is 4.90 Å². The molecule has 2 aromatic carbocycles. The van der Waals surface area contributed by atoms with Gasteiger partial charge < -0.3 is 19.9 Å². The molecule has 1 aliphatic carbocycles. The van der Waals surface area contributed by atoms with Gasteiger partial charge >= 0.3 is 0 Å². The topological polar surface area (TPSA) is 71.0 Å². The van der Waals surface area contributed by atoms with Crippen LogP contribution in [0.4, 0.5) is 5.69 Å².